The van der Waals surface area contributed by atoms with Gasteiger partial charge in [0, 0.05) is 0 Å². The summed E-state index contributed by atoms with van der Waals surface area (Å²) in [6.45, 7) is 7.51. The Morgan fingerprint density at radius 2 is 1.55 bits per heavy atom. The molecule has 0 N–H and O–H groups in total. The van der Waals surface area contributed by atoms with Crippen molar-refractivity contribution in [3.63, 3.8) is 0 Å². The third-order valence-corrected chi connectivity index (χ3v) is 3.47. The fourth-order valence-corrected chi connectivity index (χ4v) is 2.24. The lowest BCUT2D eigenvalue weighted by atomic mass is 9.99. The first-order valence-corrected chi connectivity index (χ1v) is 7.29. The lowest BCUT2D eigenvalue weighted by Crippen LogP contribution is -2.20. The highest BCUT2D eigenvalue weighted by Gasteiger charge is 2.21. The normalized spacial score (nSPS) is 12.9. The fraction of sp³-hybridized carbons (Fsp3) is 0.150. The Balaban J connectivity index is 2.05. The van der Waals surface area contributed by atoms with Crippen LogP contribution in [-0.4, -0.2) is 5.97 Å². The van der Waals surface area contributed by atoms with Crippen LogP contribution in [-0.2, 0) is 16.0 Å². The second kappa shape index (κ2) is 7.99. The molecule has 0 aliphatic carbocycles. The second-order valence-electron chi connectivity index (χ2n) is 5.04. The maximum absolute atomic E-state index is 12.4. The van der Waals surface area contributed by atoms with Gasteiger partial charge < -0.3 is 4.74 Å². The number of hydrogen-bond acceptors (Lipinski definition) is 2. The summed E-state index contributed by atoms with van der Waals surface area (Å²) in [4.78, 5) is 12.4. The monoisotopic (exact) mass is 292 g/mol. The van der Waals surface area contributed by atoms with Crippen LogP contribution < -0.4 is 0 Å². The Labute approximate surface area is 131 Å². The Morgan fingerprint density at radius 3 is 2.09 bits per heavy atom. The van der Waals surface area contributed by atoms with Crippen LogP contribution in [0.4, 0.5) is 0 Å². The molecular weight excluding hydrogens is 272 g/mol. The molecule has 0 saturated heterocycles. The Morgan fingerprint density at radius 1 is 0.955 bits per heavy atom. The minimum atomic E-state index is -0.438. The summed E-state index contributed by atoms with van der Waals surface area (Å²) in [6.07, 6.45) is 3.42. The summed E-state index contributed by atoms with van der Waals surface area (Å²) in [6, 6.07) is 19.4. The topological polar surface area (TPSA) is 26.3 Å². The SMILES string of the molecule is C=CC(Cc1ccccc1)C(=O)OC(C=C)c1ccccc1. The molecule has 2 unspecified atom stereocenters. The molecular formula is C20H20O2. The number of ether oxygens (including phenoxy) is 1. The van der Waals surface area contributed by atoms with Crippen molar-refractivity contribution < 1.29 is 9.53 Å². The third-order valence-electron chi connectivity index (χ3n) is 3.47. The van der Waals surface area contributed by atoms with Crippen molar-refractivity contribution in [2.75, 3.05) is 0 Å². The maximum Gasteiger partial charge on any atom is 0.314 e. The van der Waals surface area contributed by atoms with Gasteiger partial charge in [-0.05, 0) is 23.6 Å². The zero-order valence-corrected chi connectivity index (χ0v) is 12.5. The van der Waals surface area contributed by atoms with Crippen molar-refractivity contribution in [1.29, 1.82) is 0 Å². The molecule has 0 heterocycles. The van der Waals surface area contributed by atoms with Crippen molar-refractivity contribution in [2.45, 2.75) is 12.5 Å². The van der Waals surface area contributed by atoms with E-state index in [0.717, 1.165) is 11.1 Å². The fourth-order valence-electron chi connectivity index (χ4n) is 2.24. The number of hydrogen-bond donors (Lipinski definition) is 0. The van der Waals surface area contributed by atoms with Crippen LogP contribution in [0.2, 0.25) is 0 Å². The second-order valence-corrected chi connectivity index (χ2v) is 5.04. The van der Waals surface area contributed by atoms with Gasteiger partial charge in [0.25, 0.3) is 0 Å². The highest BCUT2D eigenvalue weighted by atomic mass is 16.5. The lowest BCUT2D eigenvalue weighted by molar-refractivity contribution is -0.150. The first-order chi connectivity index (χ1) is 10.7. The molecule has 0 spiro atoms. The minimum absolute atomic E-state index is 0.285. The van der Waals surface area contributed by atoms with Gasteiger partial charge in [0.05, 0.1) is 5.92 Å². The number of carbonyl (C=O) groups excluding carboxylic acids is 1. The van der Waals surface area contributed by atoms with Gasteiger partial charge in [-0.2, -0.15) is 0 Å². The van der Waals surface area contributed by atoms with Crippen LogP contribution in [0.15, 0.2) is 86.0 Å². The zero-order chi connectivity index (χ0) is 15.8. The molecule has 0 saturated carbocycles. The summed E-state index contributed by atoms with van der Waals surface area (Å²) in [7, 11) is 0. The molecule has 0 radical (unpaired) electrons. The van der Waals surface area contributed by atoms with Crippen molar-refractivity contribution in [3.05, 3.63) is 97.1 Å². The molecule has 0 amide bonds. The van der Waals surface area contributed by atoms with Crippen molar-refractivity contribution in [2.24, 2.45) is 5.92 Å². The molecule has 2 heteroatoms. The van der Waals surface area contributed by atoms with Gasteiger partial charge in [-0.15, -0.1) is 6.58 Å². The van der Waals surface area contributed by atoms with Crippen molar-refractivity contribution in [1.82, 2.24) is 0 Å². The largest absolute Gasteiger partial charge is 0.453 e. The predicted molar refractivity (Wildman–Crippen MR) is 89.3 cm³/mol. The summed E-state index contributed by atoms with van der Waals surface area (Å²) in [5.74, 6) is -0.652. The smallest absolute Gasteiger partial charge is 0.314 e. The highest BCUT2D eigenvalue weighted by molar-refractivity contribution is 5.75. The van der Waals surface area contributed by atoms with Crippen molar-refractivity contribution >= 4 is 5.97 Å². The molecule has 2 nitrogen and oxygen atoms in total. The van der Waals surface area contributed by atoms with Gasteiger partial charge in [-0.1, -0.05) is 73.3 Å². The van der Waals surface area contributed by atoms with E-state index in [0.29, 0.717) is 6.42 Å². The molecule has 22 heavy (non-hydrogen) atoms. The molecule has 0 aromatic heterocycles. The van der Waals surface area contributed by atoms with E-state index in [1.165, 1.54) is 0 Å². The van der Waals surface area contributed by atoms with E-state index in [9.17, 15) is 4.79 Å². The molecule has 2 rings (SSSR count). The molecule has 112 valence electrons. The third kappa shape index (κ3) is 4.19. The van der Waals surface area contributed by atoms with Crippen LogP contribution >= 0.6 is 0 Å². The Bertz CT molecular complexity index is 617. The predicted octanol–water partition coefficient (Wildman–Crippen LogP) is 4.50. The molecule has 2 aromatic rings. The summed E-state index contributed by atoms with van der Waals surface area (Å²) < 4.78 is 5.58. The molecule has 0 bridgehead atoms. The van der Waals surface area contributed by atoms with Crippen LogP contribution in [0, 0.1) is 5.92 Å². The molecule has 2 aromatic carbocycles. The summed E-state index contributed by atoms with van der Waals surface area (Å²) >= 11 is 0. The van der Waals surface area contributed by atoms with E-state index in [-0.39, 0.29) is 11.9 Å². The average Bonchev–Trinajstić information content (AvgIpc) is 2.59. The minimum Gasteiger partial charge on any atom is -0.453 e. The molecule has 0 aliphatic rings. The summed E-state index contributed by atoms with van der Waals surface area (Å²) in [5, 5.41) is 0. The lowest BCUT2D eigenvalue weighted by Gasteiger charge is -2.18. The first-order valence-electron chi connectivity index (χ1n) is 7.29. The average molecular weight is 292 g/mol. The number of carbonyl (C=O) groups is 1. The van der Waals surface area contributed by atoms with Gasteiger partial charge in [-0.3, -0.25) is 4.79 Å². The molecule has 2 atom stereocenters. The van der Waals surface area contributed by atoms with E-state index in [4.69, 9.17) is 4.74 Å². The maximum atomic E-state index is 12.4. The molecule has 0 fully saturated rings. The van der Waals surface area contributed by atoms with Crippen LogP contribution in [0.25, 0.3) is 0 Å². The van der Waals surface area contributed by atoms with E-state index in [1.807, 2.05) is 60.7 Å². The molecule has 0 aliphatic heterocycles. The zero-order valence-electron chi connectivity index (χ0n) is 12.5. The van der Waals surface area contributed by atoms with Gasteiger partial charge >= 0.3 is 5.97 Å². The van der Waals surface area contributed by atoms with E-state index < -0.39 is 6.10 Å². The van der Waals surface area contributed by atoms with E-state index in [1.54, 1.807) is 12.2 Å². The quantitative estimate of drug-likeness (QED) is 0.554. The van der Waals surface area contributed by atoms with Crippen LogP contribution in [0.5, 0.6) is 0 Å². The van der Waals surface area contributed by atoms with Gasteiger partial charge in [-0.25, -0.2) is 0 Å². The number of esters is 1. The van der Waals surface area contributed by atoms with Crippen molar-refractivity contribution in [3.8, 4) is 0 Å². The van der Waals surface area contributed by atoms with Gasteiger partial charge in [0.15, 0.2) is 0 Å². The van der Waals surface area contributed by atoms with Gasteiger partial charge in [0.1, 0.15) is 6.10 Å². The number of rotatable bonds is 7. The van der Waals surface area contributed by atoms with Gasteiger partial charge in [0.2, 0.25) is 0 Å². The van der Waals surface area contributed by atoms with Crippen LogP contribution in [0.1, 0.15) is 17.2 Å². The Kier molecular flexibility index (Phi) is 5.73. The first kappa shape index (κ1) is 15.8. The van der Waals surface area contributed by atoms with E-state index in [2.05, 4.69) is 13.2 Å². The van der Waals surface area contributed by atoms with E-state index >= 15 is 0 Å². The van der Waals surface area contributed by atoms with Crippen LogP contribution in [0.3, 0.4) is 0 Å². The summed E-state index contributed by atoms with van der Waals surface area (Å²) in [5.41, 5.74) is 1.99. The standard InChI is InChI=1S/C20H20O2/c1-3-17(15-16-11-7-5-8-12-16)20(21)22-19(4-2)18-13-9-6-10-14-18/h3-14,17,19H,1-2,15H2. The highest BCUT2D eigenvalue weighted by Crippen LogP contribution is 2.21. The Hall–Kier alpha value is -2.61. The number of benzene rings is 2.